The second-order valence-corrected chi connectivity index (χ2v) is 6.00. The molecule has 1 rings (SSSR count). The largest absolute Gasteiger partial charge is 0.497 e. The minimum absolute atomic E-state index is 0.0206. The number of hydrogen-bond acceptors (Lipinski definition) is 5. The molecular formula is C16H27NO4. The Labute approximate surface area is 127 Å². The van der Waals surface area contributed by atoms with Gasteiger partial charge in [0.2, 0.25) is 0 Å². The Kier molecular flexibility index (Phi) is 6.95. The zero-order valence-corrected chi connectivity index (χ0v) is 13.6. The van der Waals surface area contributed by atoms with Crippen LogP contribution >= 0.6 is 0 Å². The van der Waals surface area contributed by atoms with E-state index in [0.29, 0.717) is 12.3 Å². The topological polar surface area (TPSA) is 60.0 Å². The summed E-state index contributed by atoms with van der Waals surface area (Å²) >= 11 is 0. The summed E-state index contributed by atoms with van der Waals surface area (Å²) in [6, 6.07) is 5.70. The number of benzene rings is 1. The Morgan fingerprint density at radius 1 is 1.19 bits per heavy atom. The van der Waals surface area contributed by atoms with Crippen LogP contribution in [0.4, 0.5) is 0 Å². The predicted octanol–water partition coefficient (Wildman–Crippen LogP) is 1.97. The highest BCUT2D eigenvalue weighted by Gasteiger charge is 2.13. The molecule has 120 valence electrons. The van der Waals surface area contributed by atoms with Gasteiger partial charge in [0, 0.05) is 30.8 Å². The quantitative estimate of drug-likeness (QED) is 0.768. The van der Waals surface area contributed by atoms with E-state index in [2.05, 4.69) is 26.1 Å². The van der Waals surface area contributed by atoms with Crippen LogP contribution in [-0.4, -0.2) is 44.2 Å². The molecule has 1 aromatic rings. The van der Waals surface area contributed by atoms with Crippen molar-refractivity contribution in [2.75, 3.05) is 27.4 Å². The summed E-state index contributed by atoms with van der Waals surface area (Å²) in [5.74, 6) is 1.44. The minimum Gasteiger partial charge on any atom is -0.497 e. The predicted molar refractivity (Wildman–Crippen MR) is 83.0 cm³/mol. The van der Waals surface area contributed by atoms with E-state index in [0.717, 1.165) is 11.3 Å². The number of methoxy groups -OCH3 is 2. The van der Waals surface area contributed by atoms with Crippen LogP contribution in [-0.2, 0) is 11.3 Å². The minimum atomic E-state index is -0.648. The third-order valence-corrected chi connectivity index (χ3v) is 2.87. The summed E-state index contributed by atoms with van der Waals surface area (Å²) in [5, 5.41) is 13.1. The highest BCUT2D eigenvalue weighted by atomic mass is 16.5. The van der Waals surface area contributed by atoms with Crippen molar-refractivity contribution < 1.29 is 19.3 Å². The lowest BCUT2D eigenvalue weighted by Crippen LogP contribution is -2.35. The average molecular weight is 297 g/mol. The molecule has 0 aliphatic rings. The lowest BCUT2D eigenvalue weighted by Gasteiger charge is -2.22. The van der Waals surface area contributed by atoms with Gasteiger partial charge in [-0.3, -0.25) is 0 Å². The molecule has 0 aromatic heterocycles. The fourth-order valence-corrected chi connectivity index (χ4v) is 1.73. The highest BCUT2D eigenvalue weighted by Crippen LogP contribution is 2.25. The molecule has 1 atom stereocenters. The van der Waals surface area contributed by atoms with Gasteiger partial charge in [-0.2, -0.15) is 0 Å². The van der Waals surface area contributed by atoms with E-state index in [9.17, 15) is 5.11 Å². The van der Waals surface area contributed by atoms with Gasteiger partial charge in [-0.1, -0.05) is 6.07 Å². The summed E-state index contributed by atoms with van der Waals surface area (Å²) in [5.41, 5.74) is 1.04. The van der Waals surface area contributed by atoms with Crippen molar-refractivity contribution in [2.24, 2.45) is 0 Å². The molecule has 0 spiro atoms. The maximum Gasteiger partial charge on any atom is 0.127 e. The van der Waals surface area contributed by atoms with Crippen LogP contribution in [0.15, 0.2) is 18.2 Å². The Bertz CT molecular complexity index is 429. The van der Waals surface area contributed by atoms with E-state index in [1.54, 1.807) is 14.2 Å². The van der Waals surface area contributed by atoms with Crippen LogP contribution in [0.1, 0.15) is 26.3 Å². The average Bonchev–Trinajstić information content (AvgIpc) is 2.42. The molecule has 5 heteroatoms. The van der Waals surface area contributed by atoms with E-state index < -0.39 is 6.10 Å². The third-order valence-electron chi connectivity index (χ3n) is 2.87. The van der Waals surface area contributed by atoms with E-state index in [-0.39, 0.29) is 18.8 Å². The lowest BCUT2D eigenvalue weighted by atomic mass is 10.1. The Balaban J connectivity index is 2.76. The lowest BCUT2D eigenvalue weighted by molar-refractivity contribution is 0.0322. The molecule has 0 bridgehead atoms. The third kappa shape index (κ3) is 6.80. The smallest absolute Gasteiger partial charge is 0.127 e. The molecule has 0 aliphatic carbocycles. The Morgan fingerprint density at radius 3 is 2.48 bits per heavy atom. The molecule has 0 saturated heterocycles. The maximum absolute atomic E-state index is 9.69. The second-order valence-electron chi connectivity index (χ2n) is 6.00. The van der Waals surface area contributed by atoms with Crippen molar-refractivity contribution >= 4 is 0 Å². The van der Waals surface area contributed by atoms with Crippen molar-refractivity contribution in [1.82, 2.24) is 5.32 Å². The normalized spacial score (nSPS) is 13.0. The maximum atomic E-state index is 9.69. The van der Waals surface area contributed by atoms with Crippen LogP contribution in [0.25, 0.3) is 0 Å². The van der Waals surface area contributed by atoms with Crippen LogP contribution < -0.4 is 14.8 Å². The molecule has 5 nitrogen and oxygen atoms in total. The van der Waals surface area contributed by atoms with Gasteiger partial charge in [-0.25, -0.2) is 0 Å². The van der Waals surface area contributed by atoms with Crippen molar-refractivity contribution in [1.29, 1.82) is 0 Å². The standard InChI is InChI=1S/C16H27NO4/c1-16(2,3)17-9-12-6-7-14(20-5)8-15(12)21-11-13(18)10-19-4/h6-8,13,17-18H,9-11H2,1-5H3. The van der Waals surface area contributed by atoms with Gasteiger partial charge in [0.1, 0.15) is 24.2 Å². The number of nitrogens with one attached hydrogen (secondary N) is 1. The second kappa shape index (κ2) is 8.22. The van der Waals surface area contributed by atoms with Gasteiger partial charge < -0.3 is 24.6 Å². The van der Waals surface area contributed by atoms with Crippen LogP contribution in [0.3, 0.4) is 0 Å². The van der Waals surface area contributed by atoms with Crippen LogP contribution in [0, 0.1) is 0 Å². The summed E-state index contributed by atoms with van der Waals surface area (Å²) in [6.45, 7) is 7.45. The number of hydrogen-bond donors (Lipinski definition) is 2. The fraction of sp³-hybridized carbons (Fsp3) is 0.625. The molecule has 0 fully saturated rings. The molecule has 0 saturated carbocycles. The van der Waals surface area contributed by atoms with E-state index in [1.165, 1.54) is 0 Å². The zero-order valence-electron chi connectivity index (χ0n) is 13.6. The first kappa shape index (κ1) is 17.8. The summed E-state index contributed by atoms with van der Waals surface area (Å²) < 4.78 is 15.8. The number of aliphatic hydroxyl groups is 1. The Morgan fingerprint density at radius 2 is 1.90 bits per heavy atom. The van der Waals surface area contributed by atoms with Gasteiger partial charge in [0.15, 0.2) is 0 Å². The van der Waals surface area contributed by atoms with Gasteiger partial charge in [0.25, 0.3) is 0 Å². The van der Waals surface area contributed by atoms with Crippen LogP contribution in [0.2, 0.25) is 0 Å². The van der Waals surface area contributed by atoms with E-state index in [4.69, 9.17) is 14.2 Å². The Hall–Kier alpha value is -1.30. The first-order valence-corrected chi connectivity index (χ1v) is 7.07. The molecule has 1 aromatic carbocycles. The zero-order chi connectivity index (χ0) is 15.9. The van der Waals surface area contributed by atoms with Crippen LogP contribution in [0.5, 0.6) is 11.5 Å². The number of rotatable bonds is 8. The van der Waals surface area contributed by atoms with Gasteiger partial charge in [0.05, 0.1) is 13.7 Å². The van der Waals surface area contributed by atoms with Gasteiger partial charge in [-0.15, -0.1) is 0 Å². The van der Waals surface area contributed by atoms with E-state index in [1.807, 2.05) is 18.2 Å². The molecule has 0 aliphatic heterocycles. The molecule has 1 unspecified atom stereocenters. The first-order valence-electron chi connectivity index (χ1n) is 7.07. The van der Waals surface area contributed by atoms with Crippen molar-refractivity contribution in [2.45, 2.75) is 39.0 Å². The van der Waals surface area contributed by atoms with Gasteiger partial charge in [-0.05, 0) is 26.8 Å². The van der Waals surface area contributed by atoms with Gasteiger partial charge >= 0.3 is 0 Å². The molecule has 2 N–H and O–H groups in total. The molecule has 21 heavy (non-hydrogen) atoms. The van der Waals surface area contributed by atoms with Crippen molar-refractivity contribution in [3.8, 4) is 11.5 Å². The fourth-order valence-electron chi connectivity index (χ4n) is 1.73. The molecule has 0 radical (unpaired) electrons. The highest BCUT2D eigenvalue weighted by molar-refractivity contribution is 5.40. The molecule has 0 amide bonds. The number of ether oxygens (including phenoxy) is 3. The summed E-state index contributed by atoms with van der Waals surface area (Å²) in [4.78, 5) is 0. The first-order chi connectivity index (χ1) is 9.85. The van der Waals surface area contributed by atoms with Crippen molar-refractivity contribution in [3.05, 3.63) is 23.8 Å². The molecular weight excluding hydrogens is 270 g/mol. The summed E-state index contributed by atoms with van der Waals surface area (Å²) in [7, 11) is 3.17. The summed E-state index contributed by atoms with van der Waals surface area (Å²) in [6.07, 6.45) is -0.648. The van der Waals surface area contributed by atoms with E-state index >= 15 is 0 Å². The monoisotopic (exact) mass is 297 g/mol. The SMILES string of the molecule is COCC(O)COc1cc(OC)ccc1CNC(C)(C)C. The number of aliphatic hydroxyl groups excluding tert-OH is 1. The molecule has 0 heterocycles. The van der Waals surface area contributed by atoms with Crippen molar-refractivity contribution in [3.63, 3.8) is 0 Å².